The van der Waals surface area contributed by atoms with Gasteiger partial charge in [0.25, 0.3) is 0 Å². The molecule has 1 N–H and O–H groups in total. The molecule has 1 rings (SSSR count). The number of aryl methyl sites for hydroxylation is 1. The molecule has 0 fully saturated rings. The van der Waals surface area contributed by atoms with E-state index in [-0.39, 0.29) is 6.42 Å². The third-order valence-corrected chi connectivity index (χ3v) is 3.13. The Kier molecular flexibility index (Phi) is 3.48. The quantitative estimate of drug-likeness (QED) is 0.748. The van der Waals surface area contributed by atoms with Crippen LogP contribution in [0.25, 0.3) is 0 Å². The molecule has 6 heteroatoms. The molecule has 66 valence electrons. The molecular formula is C6H8N2O2S2. The van der Waals surface area contributed by atoms with Crippen LogP contribution in [0.2, 0.25) is 0 Å². The zero-order valence-electron chi connectivity index (χ0n) is 6.48. The Morgan fingerprint density at radius 1 is 1.67 bits per heavy atom. The van der Waals surface area contributed by atoms with Gasteiger partial charge in [0.05, 0.1) is 6.42 Å². The summed E-state index contributed by atoms with van der Waals surface area (Å²) in [6.07, 6.45) is 2.53. The number of carboxylic acid groups (broad SMARTS) is 1. The first-order valence-corrected chi connectivity index (χ1v) is 5.34. The molecule has 0 atom stereocenters. The molecule has 0 spiro atoms. The van der Waals surface area contributed by atoms with E-state index in [4.69, 9.17) is 5.11 Å². The number of thioether (sulfide) groups is 1. The first kappa shape index (κ1) is 9.47. The molecule has 0 saturated heterocycles. The molecule has 0 unspecified atom stereocenters. The number of carbonyl (C=O) groups is 1. The minimum Gasteiger partial charge on any atom is -0.481 e. The van der Waals surface area contributed by atoms with Gasteiger partial charge < -0.3 is 5.11 Å². The number of aromatic nitrogens is 2. The summed E-state index contributed by atoms with van der Waals surface area (Å²) in [5.41, 5.74) is 0. The van der Waals surface area contributed by atoms with Crippen molar-refractivity contribution >= 4 is 29.1 Å². The van der Waals surface area contributed by atoms with Gasteiger partial charge in [-0.2, -0.15) is 0 Å². The topological polar surface area (TPSA) is 63.1 Å². The molecule has 0 saturated carbocycles. The molecule has 4 nitrogen and oxygen atoms in total. The first-order chi connectivity index (χ1) is 5.72. The molecule has 0 radical (unpaired) electrons. The van der Waals surface area contributed by atoms with E-state index < -0.39 is 5.97 Å². The van der Waals surface area contributed by atoms with Crippen LogP contribution in [0.4, 0.5) is 0 Å². The number of hydrogen-bond donors (Lipinski definition) is 1. The van der Waals surface area contributed by atoms with Gasteiger partial charge in [-0.25, -0.2) is 0 Å². The Labute approximate surface area is 78.0 Å². The average Bonchev–Trinajstić information content (AvgIpc) is 2.48. The molecular weight excluding hydrogens is 196 g/mol. The number of aliphatic carboxylic acids is 1. The molecule has 1 heterocycles. The maximum absolute atomic E-state index is 10.2. The van der Waals surface area contributed by atoms with Crippen LogP contribution in [0.15, 0.2) is 4.34 Å². The van der Waals surface area contributed by atoms with Crippen LogP contribution in [0, 0.1) is 0 Å². The highest BCUT2D eigenvalue weighted by Crippen LogP contribution is 2.20. The van der Waals surface area contributed by atoms with Gasteiger partial charge >= 0.3 is 5.97 Å². The standard InChI is InChI=1S/C6H8N2O2S2/c1-11-6-8-7-4(12-6)2-3-5(9)10/h2-3H2,1H3,(H,9,10). The summed E-state index contributed by atoms with van der Waals surface area (Å²) < 4.78 is 0.885. The van der Waals surface area contributed by atoms with E-state index >= 15 is 0 Å². The summed E-state index contributed by atoms with van der Waals surface area (Å²) >= 11 is 2.97. The largest absolute Gasteiger partial charge is 0.481 e. The Bertz CT molecular complexity index is 274. The molecule has 0 aliphatic rings. The van der Waals surface area contributed by atoms with E-state index in [1.807, 2.05) is 6.26 Å². The number of nitrogens with zero attached hydrogens (tertiary/aromatic N) is 2. The molecule has 0 aliphatic carbocycles. The molecule has 12 heavy (non-hydrogen) atoms. The SMILES string of the molecule is CSc1nnc(CCC(=O)O)s1. The summed E-state index contributed by atoms with van der Waals surface area (Å²) in [6.45, 7) is 0. The smallest absolute Gasteiger partial charge is 0.303 e. The Balaban J connectivity index is 2.47. The zero-order valence-corrected chi connectivity index (χ0v) is 8.11. The Morgan fingerprint density at radius 2 is 2.42 bits per heavy atom. The van der Waals surface area contributed by atoms with Gasteiger partial charge in [0, 0.05) is 6.42 Å². The minimum atomic E-state index is -0.795. The lowest BCUT2D eigenvalue weighted by molar-refractivity contribution is -0.136. The van der Waals surface area contributed by atoms with Gasteiger partial charge in [0.2, 0.25) is 0 Å². The first-order valence-electron chi connectivity index (χ1n) is 3.30. The van der Waals surface area contributed by atoms with Gasteiger partial charge in [-0.15, -0.1) is 10.2 Å². The lowest BCUT2D eigenvalue weighted by atomic mass is 10.3. The Hall–Kier alpha value is -0.620. The van der Waals surface area contributed by atoms with Crippen molar-refractivity contribution in [2.24, 2.45) is 0 Å². The number of rotatable bonds is 4. The van der Waals surface area contributed by atoms with Crippen molar-refractivity contribution in [1.82, 2.24) is 10.2 Å². The lowest BCUT2D eigenvalue weighted by Crippen LogP contribution is -1.96. The van der Waals surface area contributed by atoms with Crippen LogP contribution < -0.4 is 0 Å². The van der Waals surface area contributed by atoms with Crippen molar-refractivity contribution in [3.63, 3.8) is 0 Å². The van der Waals surface area contributed by atoms with Crippen LogP contribution in [-0.2, 0) is 11.2 Å². The van der Waals surface area contributed by atoms with Crippen LogP contribution in [0.1, 0.15) is 11.4 Å². The van der Waals surface area contributed by atoms with Gasteiger partial charge in [-0.05, 0) is 6.26 Å². The highest BCUT2D eigenvalue weighted by molar-refractivity contribution is 8.00. The third-order valence-electron chi connectivity index (χ3n) is 1.18. The second-order valence-electron chi connectivity index (χ2n) is 2.06. The van der Waals surface area contributed by atoms with Crippen molar-refractivity contribution in [1.29, 1.82) is 0 Å². The van der Waals surface area contributed by atoms with Crippen LogP contribution in [-0.4, -0.2) is 27.5 Å². The fraction of sp³-hybridized carbons (Fsp3) is 0.500. The maximum atomic E-state index is 10.2. The lowest BCUT2D eigenvalue weighted by Gasteiger charge is -1.87. The summed E-state index contributed by atoms with van der Waals surface area (Å²) in [4.78, 5) is 10.2. The van der Waals surface area contributed by atoms with E-state index in [0.29, 0.717) is 6.42 Å². The van der Waals surface area contributed by atoms with Gasteiger partial charge in [-0.3, -0.25) is 4.79 Å². The Morgan fingerprint density at radius 3 is 2.92 bits per heavy atom. The predicted octanol–water partition coefficient (Wildman–Crippen LogP) is 1.28. The second kappa shape index (κ2) is 4.42. The van der Waals surface area contributed by atoms with Crippen molar-refractivity contribution < 1.29 is 9.90 Å². The highest BCUT2D eigenvalue weighted by atomic mass is 32.2. The van der Waals surface area contributed by atoms with Crippen LogP contribution >= 0.6 is 23.1 Å². The molecule has 0 amide bonds. The van der Waals surface area contributed by atoms with E-state index in [1.54, 1.807) is 0 Å². The fourth-order valence-corrected chi connectivity index (χ4v) is 1.95. The third kappa shape index (κ3) is 2.78. The second-order valence-corrected chi connectivity index (χ2v) is 4.18. The summed E-state index contributed by atoms with van der Waals surface area (Å²) in [6, 6.07) is 0. The van der Waals surface area contributed by atoms with Crippen molar-refractivity contribution in [3.8, 4) is 0 Å². The molecule has 0 bridgehead atoms. The summed E-state index contributed by atoms with van der Waals surface area (Å²) in [5.74, 6) is -0.795. The van der Waals surface area contributed by atoms with Crippen molar-refractivity contribution in [2.45, 2.75) is 17.2 Å². The van der Waals surface area contributed by atoms with E-state index in [0.717, 1.165) is 9.35 Å². The van der Waals surface area contributed by atoms with Gasteiger partial charge in [0.15, 0.2) is 4.34 Å². The predicted molar refractivity (Wildman–Crippen MR) is 47.6 cm³/mol. The zero-order chi connectivity index (χ0) is 8.97. The highest BCUT2D eigenvalue weighted by Gasteiger charge is 2.04. The molecule has 1 aromatic heterocycles. The minimum absolute atomic E-state index is 0.128. The van der Waals surface area contributed by atoms with E-state index in [9.17, 15) is 4.79 Å². The molecule has 0 aromatic carbocycles. The normalized spacial score (nSPS) is 10.1. The summed E-state index contributed by atoms with van der Waals surface area (Å²) in [7, 11) is 0. The fourth-order valence-electron chi connectivity index (χ4n) is 0.636. The van der Waals surface area contributed by atoms with Gasteiger partial charge in [-0.1, -0.05) is 23.1 Å². The number of hydrogen-bond acceptors (Lipinski definition) is 5. The van der Waals surface area contributed by atoms with Crippen molar-refractivity contribution in [2.75, 3.05) is 6.26 Å². The average molecular weight is 204 g/mol. The van der Waals surface area contributed by atoms with Crippen LogP contribution in [0.5, 0.6) is 0 Å². The van der Waals surface area contributed by atoms with Gasteiger partial charge in [0.1, 0.15) is 5.01 Å². The van der Waals surface area contributed by atoms with E-state index in [2.05, 4.69) is 10.2 Å². The maximum Gasteiger partial charge on any atom is 0.303 e. The number of carboxylic acids is 1. The molecule has 1 aromatic rings. The monoisotopic (exact) mass is 204 g/mol. The van der Waals surface area contributed by atoms with Crippen molar-refractivity contribution in [3.05, 3.63) is 5.01 Å². The van der Waals surface area contributed by atoms with Crippen LogP contribution in [0.3, 0.4) is 0 Å². The summed E-state index contributed by atoms with van der Waals surface area (Å²) in [5, 5.41) is 16.9. The molecule has 0 aliphatic heterocycles. The van der Waals surface area contributed by atoms with E-state index in [1.165, 1.54) is 23.1 Å².